The van der Waals surface area contributed by atoms with Crippen molar-refractivity contribution in [3.8, 4) is 0 Å². The minimum absolute atomic E-state index is 0.205. The van der Waals surface area contributed by atoms with Gasteiger partial charge in [0.15, 0.2) is 5.96 Å². The van der Waals surface area contributed by atoms with Crippen molar-refractivity contribution in [3.05, 3.63) is 53.7 Å². The van der Waals surface area contributed by atoms with E-state index in [0.29, 0.717) is 12.5 Å². The zero-order valence-corrected chi connectivity index (χ0v) is 19.2. The molecule has 4 rings (SSSR count). The van der Waals surface area contributed by atoms with Crippen LogP contribution in [0.5, 0.6) is 0 Å². The lowest BCUT2D eigenvalue weighted by atomic mass is 10.1. The van der Waals surface area contributed by atoms with Crippen molar-refractivity contribution in [2.45, 2.75) is 45.1 Å². The van der Waals surface area contributed by atoms with Gasteiger partial charge in [-0.3, -0.25) is 9.79 Å². The van der Waals surface area contributed by atoms with Crippen molar-refractivity contribution in [2.24, 2.45) is 4.99 Å². The Balaban J connectivity index is 1.16. The predicted molar refractivity (Wildman–Crippen MR) is 130 cm³/mol. The van der Waals surface area contributed by atoms with Gasteiger partial charge in [0.05, 0.1) is 0 Å². The molecule has 170 valence electrons. The summed E-state index contributed by atoms with van der Waals surface area (Å²) in [6.07, 6.45) is 4.37. The fourth-order valence-corrected chi connectivity index (χ4v) is 4.52. The molecule has 0 spiro atoms. The highest BCUT2D eigenvalue weighted by Gasteiger charge is 2.24. The number of pyridine rings is 1. The molecule has 0 atom stereocenters. The largest absolute Gasteiger partial charge is 0.356 e. The SMILES string of the molecule is CN=C(NCCCC(=O)N1CCc2ccccc21)NC1CCN(c2cccc(C)n2)CC1. The molecule has 1 amide bonds. The first-order valence-corrected chi connectivity index (χ1v) is 11.7. The number of hydrogen-bond donors (Lipinski definition) is 2. The van der Waals surface area contributed by atoms with Crippen LogP contribution in [0.4, 0.5) is 11.5 Å². The summed E-state index contributed by atoms with van der Waals surface area (Å²) in [7, 11) is 1.80. The summed E-state index contributed by atoms with van der Waals surface area (Å²) in [5.74, 6) is 2.09. The number of hydrogen-bond acceptors (Lipinski definition) is 4. The number of benzene rings is 1. The number of para-hydroxylation sites is 1. The fraction of sp³-hybridized carbons (Fsp3) is 0.480. The number of nitrogens with one attached hydrogen (secondary N) is 2. The van der Waals surface area contributed by atoms with E-state index in [1.54, 1.807) is 7.05 Å². The first-order valence-electron chi connectivity index (χ1n) is 11.7. The van der Waals surface area contributed by atoms with E-state index >= 15 is 0 Å². The van der Waals surface area contributed by atoms with Gasteiger partial charge in [0, 0.05) is 57.1 Å². The van der Waals surface area contributed by atoms with Gasteiger partial charge in [-0.05, 0) is 56.4 Å². The van der Waals surface area contributed by atoms with Crippen LogP contribution in [0, 0.1) is 6.92 Å². The Morgan fingerprint density at radius 2 is 1.94 bits per heavy atom. The molecule has 32 heavy (non-hydrogen) atoms. The third-order valence-corrected chi connectivity index (χ3v) is 6.31. The van der Waals surface area contributed by atoms with Gasteiger partial charge in [-0.15, -0.1) is 0 Å². The molecule has 1 fully saturated rings. The van der Waals surface area contributed by atoms with Crippen LogP contribution >= 0.6 is 0 Å². The van der Waals surface area contributed by atoms with E-state index in [1.165, 1.54) is 5.56 Å². The van der Waals surface area contributed by atoms with E-state index in [1.807, 2.05) is 36.1 Å². The molecule has 2 aliphatic heterocycles. The highest BCUT2D eigenvalue weighted by Crippen LogP contribution is 2.28. The highest BCUT2D eigenvalue weighted by atomic mass is 16.2. The number of fused-ring (bicyclic) bond motifs is 1. The number of piperidine rings is 1. The molecule has 0 aliphatic carbocycles. The van der Waals surface area contributed by atoms with E-state index < -0.39 is 0 Å². The number of guanidine groups is 1. The Morgan fingerprint density at radius 1 is 1.12 bits per heavy atom. The average Bonchev–Trinajstić information content (AvgIpc) is 3.25. The predicted octanol–water partition coefficient (Wildman–Crippen LogP) is 2.89. The minimum atomic E-state index is 0.205. The number of rotatable bonds is 6. The number of aliphatic imine (C=N–C) groups is 1. The average molecular weight is 435 g/mol. The normalized spacial score (nSPS) is 16.8. The van der Waals surface area contributed by atoms with Gasteiger partial charge in [-0.2, -0.15) is 0 Å². The quantitative estimate of drug-likeness (QED) is 0.416. The summed E-state index contributed by atoms with van der Waals surface area (Å²) in [5.41, 5.74) is 3.41. The molecule has 2 N–H and O–H groups in total. The molecular weight excluding hydrogens is 400 g/mol. The number of amides is 1. The van der Waals surface area contributed by atoms with Crippen LogP contribution in [-0.2, 0) is 11.2 Å². The second-order valence-electron chi connectivity index (χ2n) is 8.57. The maximum absolute atomic E-state index is 12.7. The van der Waals surface area contributed by atoms with Crippen molar-refractivity contribution >= 4 is 23.4 Å². The third kappa shape index (κ3) is 5.39. The van der Waals surface area contributed by atoms with Gasteiger partial charge < -0.3 is 20.4 Å². The van der Waals surface area contributed by atoms with E-state index in [2.05, 4.69) is 43.7 Å². The summed E-state index contributed by atoms with van der Waals surface area (Å²) in [6.45, 7) is 5.53. The monoisotopic (exact) mass is 434 g/mol. The van der Waals surface area contributed by atoms with Crippen LogP contribution in [-0.4, -0.2) is 56.1 Å². The van der Waals surface area contributed by atoms with Gasteiger partial charge in [0.1, 0.15) is 5.82 Å². The van der Waals surface area contributed by atoms with Crippen LogP contribution in [0.2, 0.25) is 0 Å². The number of carbonyl (C=O) groups excluding carboxylic acids is 1. The van der Waals surface area contributed by atoms with Crippen molar-refractivity contribution in [1.29, 1.82) is 0 Å². The molecule has 7 nitrogen and oxygen atoms in total. The van der Waals surface area contributed by atoms with Crippen LogP contribution in [0.3, 0.4) is 0 Å². The molecule has 7 heteroatoms. The van der Waals surface area contributed by atoms with Crippen molar-refractivity contribution in [1.82, 2.24) is 15.6 Å². The van der Waals surface area contributed by atoms with Crippen LogP contribution in [0.25, 0.3) is 0 Å². The lowest BCUT2D eigenvalue weighted by Crippen LogP contribution is -2.49. The second-order valence-corrected chi connectivity index (χ2v) is 8.57. The summed E-state index contributed by atoms with van der Waals surface area (Å²) in [6, 6.07) is 14.8. The Kier molecular flexibility index (Phi) is 7.24. The highest BCUT2D eigenvalue weighted by molar-refractivity contribution is 5.95. The van der Waals surface area contributed by atoms with Crippen molar-refractivity contribution in [2.75, 3.05) is 43.0 Å². The minimum Gasteiger partial charge on any atom is -0.356 e. The third-order valence-electron chi connectivity index (χ3n) is 6.31. The lowest BCUT2D eigenvalue weighted by Gasteiger charge is -2.34. The van der Waals surface area contributed by atoms with Gasteiger partial charge in [0.2, 0.25) is 5.91 Å². The number of nitrogens with zero attached hydrogens (tertiary/aromatic N) is 4. The Labute approximate surface area is 190 Å². The summed E-state index contributed by atoms with van der Waals surface area (Å²) < 4.78 is 0. The molecule has 0 bridgehead atoms. The lowest BCUT2D eigenvalue weighted by molar-refractivity contribution is -0.118. The standard InChI is InChI=1S/C25H34N6O/c1-19-7-5-10-23(28-19)30-16-13-21(14-17-30)29-25(26-2)27-15-6-11-24(32)31-18-12-20-8-3-4-9-22(20)31/h3-5,7-10,21H,6,11-18H2,1-2H3,(H2,26,27,29). The summed E-state index contributed by atoms with van der Waals surface area (Å²) in [5, 5.41) is 6.92. The smallest absolute Gasteiger partial charge is 0.227 e. The van der Waals surface area contributed by atoms with Gasteiger partial charge in [-0.25, -0.2) is 4.98 Å². The number of anilines is 2. The zero-order chi connectivity index (χ0) is 22.3. The van der Waals surface area contributed by atoms with Crippen LogP contribution in [0.1, 0.15) is 36.9 Å². The molecule has 0 unspecified atom stereocenters. The van der Waals surface area contributed by atoms with Crippen LogP contribution < -0.4 is 20.4 Å². The maximum atomic E-state index is 12.7. The molecule has 1 saturated heterocycles. The molecule has 2 aromatic rings. The topological polar surface area (TPSA) is 72.9 Å². The van der Waals surface area contributed by atoms with E-state index in [0.717, 1.165) is 75.0 Å². The first kappa shape index (κ1) is 22.1. The Bertz CT molecular complexity index is 951. The van der Waals surface area contributed by atoms with Gasteiger partial charge >= 0.3 is 0 Å². The zero-order valence-electron chi connectivity index (χ0n) is 19.2. The summed E-state index contributed by atoms with van der Waals surface area (Å²) in [4.78, 5) is 25.9. The van der Waals surface area contributed by atoms with Crippen molar-refractivity contribution < 1.29 is 4.79 Å². The maximum Gasteiger partial charge on any atom is 0.227 e. The van der Waals surface area contributed by atoms with E-state index in [4.69, 9.17) is 0 Å². The molecule has 3 heterocycles. The van der Waals surface area contributed by atoms with E-state index in [9.17, 15) is 4.79 Å². The number of aryl methyl sites for hydroxylation is 1. The first-order chi connectivity index (χ1) is 15.6. The van der Waals surface area contributed by atoms with Gasteiger partial charge in [0.25, 0.3) is 0 Å². The molecular formula is C25H34N6O. The molecule has 0 radical (unpaired) electrons. The molecule has 0 saturated carbocycles. The Hall–Kier alpha value is -3.09. The fourth-order valence-electron chi connectivity index (χ4n) is 4.52. The van der Waals surface area contributed by atoms with Crippen LogP contribution in [0.15, 0.2) is 47.5 Å². The molecule has 2 aliphatic rings. The second kappa shape index (κ2) is 10.5. The van der Waals surface area contributed by atoms with E-state index in [-0.39, 0.29) is 5.91 Å². The number of carbonyl (C=O) groups is 1. The Morgan fingerprint density at radius 3 is 2.72 bits per heavy atom. The number of aromatic nitrogens is 1. The molecule has 1 aromatic carbocycles. The molecule has 1 aromatic heterocycles. The summed E-state index contributed by atoms with van der Waals surface area (Å²) >= 11 is 0. The van der Waals surface area contributed by atoms with Crippen molar-refractivity contribution in [3.63, 3.8) is 0 Å². The van der Waals surface area contributed by atoms with Gasteiger partial charge in [-0.1, -0.05) is 24.3 Å².